The average molecular weight is 484 g/mol. The first kappa shape index (κ1) is 23.8. The second-order valence-corrected chi connectivity index (χ2v) is 9.60. The lowest BCUT2D eigenvalue weighted by Gasteiger charge is -2.21. The number of hydrogen-bond donors (Lipinski definition) is 5. The van der Waals surface area contributed by atoms with Gasteiger partial charge in [0.15, 0.2) is 5.58 Å². The number of aryl methyl sites for hydroxylation is 2. The minimum Gasteiger partial charge on any atom is -0.478 e. The van der Waals surface area contributed by atoms with Gasteiger partial charge in [0.25, 0.3) is 0 Å². The molecule has 0 unspecified atom stereocenters. The van der Waals surface area contributed by atoms with Gasteiger partial charge < -0.3 is 35.1 Å². The third-order valence-corrected chi connectivity index (χ3v) is 6.88. The van der Waals surface area contributed by atoms with Gasteiger partial charge in [-0.15, -0.1) is 0 Å². The molecule has 0 amide bonds. The molecule has 10 heteroatoms. The fourth-order valence-corrected chi connectivity index (χ4v) is 4.75. The maximum atomic E-state index is 10.6. The van der Waals surface area contributed by atoms with Crippen LogP contribution < -0.4 is 15.4 Å². The minimum atomic E-state index is -1.03. The number of pyridine rings is 1. The van der Waals surface area contributed by atoms with E-state index < -0.39 is 24.2 Å². The van der Waals surface area contributed by atoms with Crippen LogP contribution in [0.5, 0.6) is 5.88 Å². The van der Waals surface area contributed by atoms with Gasteiger partial charge in [0.1, 0.15) is 17.7 Å². The molecular weight excluding hydrogens is 450 g/mol. The Morgan fingerprint density at radius 1 is 1.09 bits per heavy atom. The maximum absolute atomic E-state index is 10.6. The van der Waals surface area contributed by atoms with E-state index >= 15 is 0 Å². The number of furan rings is 1. The van der Waals surface area contributed by atoms with E-state index in [1.165, 1.54) is 12.8 Å². The largest absolute Gasteiger partial charge is 0.478 e. The van der Waals surface area contributed by atoms with Crippen LogP contribution in [0.3, 0.4) is 0 Å². The zero-order chi connectivity index (χ0) is 24.7. The molecule has 2 aliphatic rings. The van der Waals surface area contributed by atoms with Gasteiger partial charge in [0.2, 0.25) is 11.8 Å². The Hall–Kier alpha value is -2.95. The van der Waals surface area contributed by atoms with Crippen molar-refractivity contribution in [3.8, 4) is 17.2 Å². The molecule has 5 rings (SSSR count). The summed E-state index contributed by atoms with van der Waals surface area (Å²) in [4.78, 5) is 13.9. The van der Waals surface area contributed by atoms with E-state index in [4.69, 9.17) is 14.1 Å². The average Bonchev–Trinajstić information content (AvgIpc) is 3.50. The Morgan fingerprint density at radius 3 is 2.57 bits per heavy atom. The lowest BCUT2D eigenvalue weighted by atomic mass is 10.1. The first-order valence-electron chi connectivity index (χ1n) is 12.3. The van der Waals surface area contributed by atoms with E-state index in [1.54, 1.807) is 0 Å². The van der Waals surface area contributed by atoms with Gasteiger partial charge in [-0.1, -0.05) is 0 Å². The predicted octanol–water partition coefficient (Wildman–Crippen LogP) is 2.64. The minimum absolute atomic E-state index is 0.196. The van der Waals surface area contributed by atoms with Crippen LogP contribution in [-0.4, -0.2) is 68.3 Å². The fraction of sp³-hybridized carbons (Fsp3) is 0.560. The van der Waals surface area contributed by atoms with E-state index in [1.807, 2.05) is 32.9 Å². The zero-order valence-corrected chi connectivity index (χ0v) is 20.3. The van der Waals surface area contributed by atoms with E-state index in [2.05, 4.69) is 20.6 Å². The molecule has 2 aliphatic carbocycles. The summed E-state index contributed by atoms with van der Waals surface area (Å²) >= 11 is 0. The molecule has 0 saturated heterocycles. The van der Waals surface area contributed by atoms with Gasteiger partial charge in [0.05, 0.1) is 35.7 Å². The summed E-state index contributed by atoms with van der Waals surface area (Å²) in [6.07, 6.45) is 0.787. The highest BCUT2D eigenvalue weighted by molar-refractivity contribution is 5.88. The first-order chi connectivity index (χ1) is 16.9. The molecule has 10 nitrogen and oxygen atoms in total. The van der Waals surface area contributed by atoms with Crippen molar-refractivity contribution in [3.63, 3.8) is 0 Å². The molecule has 3 aromatic rings. The molecule has 4 atom stereocenters. The zero-order valence-electron chi connectivity index (χ0n) is 20.3. The molecule has 0 spiro atoms. The van der Waals surface area contributed by atoms with Crippen LogP contribution in [-0.2, 0) is 0 Å². The van der Waals surface area contributed by atoms with E-state index in [0.29, 0.717) is 64.9 Å². The van der Waals surface area contributed by atoms with Gasteiger partial charge in [-0.2, -0.15) is 4.98 Å². The Bertz CT molecular complexity index is 1210. The van der Waals surface area contributed by atoms with Crippen molar-refractivity contribution in [1.29, 1.82) is 0 Å². The summed E-state index contributed by atoms with van der Waals surface area (Å²) < 4.78 is 11.8. The number of nitrogens with zero attached hydrogens (tertiary/aromatic N) is 3. The molecule has 0 bridgehead atoms. The van der Waals surface area contributed by atoms with Crippen LogP contribution >= 0.6 is 0 Å². The summed E-state index contributed by atoms with van der Waals surface area (Å²) in [5.41, 5.74) is 2.75. The second kappa shape index (κ2) is 9.60. The van der Waals surface area contributed by atoms with Gasteiger partial charge in [0, 0.05) is 30.5 Å². The number of rotatable bonds is 9. The molecule has 0 radical (unpaired) electrons. The highest BCUT2D eigenvalue weighted by atomic mass is 16.5. The van der Waals surface area contributed by atoms with Crippen molar-refractivity contribution in [1.82, 2.24) is 15.0 Å². The van der Waals surface area contributed by atoms with Crippen molar-refractivity contribution >= 4 is 22.7 Å². The van der Waals surface area contributed by atoms with Crippen LogP contribution in [0, 0.1) is 25.7 Å². The van der Waals surface area contributed by atoms with Crippen molar-refractivity contribution < 1.29 is 24.5 Å². The number of anilines is 2. The molecule has 2 fully saturated rings. The highest BCUT2D eigenvalue weighted by Gasteiger charge is 2.41. The summed E-state index contributed by atoms with van der Waals surface area (Å²) in [6, 6.07) is 3.28. The number of aliphatic hydroxyl groups excluding tert-OH is 3. The molecule has 188 valence electrons. The van der Waals surface area contributed by atoms with Crippen molar-refractivity contribution in [2.24, 2.45) is 11.8 Å². The van der Waals surface area contributed by atoms with Gasteiger partial charge in [-0.25, -0.2) is 9.97 Å². The van der Waals surface area contributed by atoms with E-state index in [-0.39, 0.29) is 6.61 Å². The number of nitrogens with one attached hydrogen (secondary N) is 2. The summed E-state index contributed by atoms with van der Waals surface area (Å²) in [5, 5.41) is 38.0. The molecule has 3 heterocycles. The van der Waals surface area contributed by atoms with Crippen molar-refractivity contribution in [2.45, 2.75) is 58.3 Å². The summed E-state index contributed by atoms with van der Waals surface area (Å²) in [7, 11) is 0. The molecule has 0 aromatic carbocycles. The smallest absolute Gasteiger partial charge is 0.224 e. The van der Waals surface area contributed by atoms with Crippen LogP contribution in [0.1, 0.15) is 37.6 Å². The second-order valence-electron chi connectivity index (χ2n) is 9.60. The monoisotopic (exact) mass is 483 g/mol. The van der Waals surface area contributed by atoms with Crippen molar-refractivity contribution in [2.75, 3.05) is 30.4 Å². The Labute approximate surface area is 203 Å². The van der Waals surface area contributed by atoms with Gasteiger partial charge >= 0.3 is 0 Å². The van der Waals surface area contributed by atoms with Gasteiger partial charge in [-0.05, 0) is 52.0 Å². The number of ether oxygens (including phenoxy) is 1. The van der Waals surface area contributed by atoms with E-state index in [0.717, 1.165) is 11.9 Å². The topological polar surface area (TPSA) is 146 Å². The third-order valence-electron chi connectivity index (χ3n) is 6.88. The standard InChI is InChI=1S/C25H33N5O5/c1-4-34-19-9-15-8-18(35-23(15)13(3)27-19)20-12(2)28-25(26-10-14-5-6-14)30-24(20)29-17-7-16(11-31)21(32)22(17)33/h8-9,14,16-17,21-22,31-33H,4-7,10-11H2,1-3H3,(H2,26,28,29,30)/t16-,17-,21-,22+/m1/s1. The summed E-state index contributed by atoms with van der Waals surface area (Å²) in [5.74, 6) is 2.35. The van der Waals surface area contributed by atoms with Crippen LogP contribution in [0.2, 0.25) is 0 Å². The number of fused-ring (bicyclic) bond motifs is 1. The number of aromatic nitrogens is 3. The molecule has 0 aliphatic heterocycles. The van der Waals surface area contributed by atoms with Crippen LogP contribution in [0.15, 0.2) is 16.5 Å². The summed E-state index contributed by atoms with van der Waals surface area (Å²) in [6.45, 7) is 6.81. The quantitative estimate of drug-likeness (QED) is 0.308. The molecule has 2 saturated carbocycles. The molecular formula is C25H33N5O5. The van der Waals surface area contributed by atoms with Crippen molar-refractivity contribution in [3.05, 3.63) is 23.5 Å². The Kier molecular flexibility index (Phi) is 6.52. The van der Waals surface area contributed by atoms with Crippen LogP contribution in [0.25, 0.3) is 22.3 Å². The van der Waals surface area contributed by atoms with Gasteiger partial charge in [-0.3, -0.25) is 0 Å². The normalized spacial score (nSPS) is 24.2. The maximum Gasteiger partial charge on any atom is 0.224 e. The predicted molar refractivity (Wildman–Crippen MR) is 132 cm³/mol. The molecule has 5 N–H and O–H groups in total. The lowest BCUT2D eigenvalue weighted by molar-refractivity contribution is 0.00446. The number of hydrogen-bond acceptors (Lipinski definition) is 10. The molecule has 3 aromatic heterocycles. The molecule has 35 heavy (non-hydrogen) atoms. The third kappa shape index (κ3) is 4.78. The highest BCUT2D eigenvalue weighted by Crippen LogP contribution is 2.38. The Balaban J connectivity index is 1.54. The first-order valence-corrected chi connectivity index (χ1v) is 12.3. The lowest BCUT2D eigenvalue weighted by Crippen LogP contribution is -2.35. The number of aliphatic hydroxyl groups is 3. The SMILES string of the molecule is CCOc1cc2cc(-c3c(C)nc(NCC4CC4)nc3N[C@@H]3C[C@H](CO)[C@@H](O)[C@H]3O)oc2c(C)n1. The van der Waals surface area contributed by atoms with Crippen LogP contribution in [0.4, 0.5) is 11.8 Å². The Morgan fingerprint density at radius 2 is 1.89 bits per heavy atom. The fourth-order valence-electron chi connectivity index (χ4n) is 4.75. The van der Waals surface area contributed by atoms with E-state index in [9.17, 15) is 15.3 Å².